The molecule has 0 fully saturated rings. The molecular formula is C18H17Cl3N2O6. The van der Waals surface area contributed by atoms with Gasteiger partial charge in [0.15, 0.2) is 6.61 Å². The lowest BCUT2D eigenvalue weighted by molar-refractivity contribution is -0.169. The van der Waals surface area contributed by atoms with Crippen molar-refractivity contribution in [3.05, 3.63) is 54.4 Å². The van der Waals surface area contributed by atoms with Crippen LogP contribution in [0.15, 0.2) is 54.4 Å². The van der Waals surface area contributed by atoms with Crippen LogP contribution in [0.3, 0.4) is 0 Å². The molecule has 0 unspecified atom stereocenters. The molecule has 0 saturated heterocycles. The molecule has 1 heterocycles. The van der Waals surface area contributed by atoms with Crippen LogP contribution in [0, 0.1) is 0 Å². The third-order valence-corrected chi connectivity index (χ3v) is 3.86. The van der Waals surface area contributed by atoms with Crippen LogP contribution in [-0.4, -0.2) is 40.5 Å². The predicted molar refractivity (Wildman–Crippen MR) is 106 cm³/mol. The highest BCUT2D eigenvalue weighted by Gasteiger charge is 2.48. The van der Waals surface area contributed by atoms with Crippen molar-refractivity contribution >= 4 is 52.6 Å². The smallest absolute Gasteiger partial charge is 0.377 e. The normalized spacial score (nSPS) is 18.6. The molecule has 1 aromatic rings. The fraction of sp³-hybridized carbons (Fsp3) is 0.278. The summed E-state index contributed by atoms with van der Waals surface area (Å²) in [4.78, 5) is 36.8. The fourth-order valence-corrected chi connectivity index (χ4v) is 2.29. The van der Waals surface area contributed by atoms with Gasteiger partial charge >= 0.3 is 11.7 Å². The van der Waals surface area contributed by atoms with Crippen molar-refractivity contribution in [3.63, 3.8) is 0 Å². The summed E-state index contributed by atoms with van der Waals surface area (Å²) in [6.07, 6.45) is 0.907. The predicted octanol–water partition coefficient (Wildman–Crippen LogP) is 2.36. The first-order valence-electron chi connectivity index (χ1n) is 8.11. The molecule has 0 aliphatic carbocycles. The molecule has 0 bridgehead atoms. The largest absolute Gasteiger partial charge is 0.484 e. The maximum atomic E-state index is 12.4. The van der Waals surface area contributed by atoms with Crippen molar-refractivity contribution in [2.45, 2.75) is 16.4 Å². The molecule has 1 aromatic carbocycles. The molecule has 11 heteroatoms. The summed E-state index contributed by atoms with van der Waals surface area (Å²) in [7, 11) is 0. The summed E-state index contributed by atoms with van der Waals surface area (Å²) in [5.74, 6) is -1.98. The van der Waals surface area contributed by atoms with Crippen LogP contribution in [0.5, 0.6) is 5.75 Å². The Morgan fingerprint density at radius 1 is 1.28 bits per heavy atom. The van der Waals surface area contributed by atoms with Crippen LogP contribution in [0.4, 0.5) is 0 Å². The van der Waals surface area contributed by atoms with Gasteiger partial charge in [-0.25, -0.2) is 4.79 Å². The van der Waals surface area contributed by atoms with Gasteiger partial charge in [-0.3, -0.25) is 14.9 Å². The van der Waals surface area contributed by atoms with E-state index in [0.717, 1.165) is 6.26 Å². The first-order chi connectivity index (χ1) is 13.5. The maximum Gasteiger partial charge on any atom is 0.377 e. The number of carbonyl (C=O) groups excluding carboxylic acids is 3. The Labute approximate surface area is 181 Å². The molecule has 29 heavy (non-hydrogen) atoms. The van der Waals surface area contributed by atoms with Gasteiger partial charge in [-0.05, 0) is 24.6 Å². The van der Waals surface area contributed by atoms with Gasteiger partial charge in [0.2, 0.25) is 3.79 Å². The van der Waals surface area contributed by atoms with E-state index in [0.29, 0.717) is 5.75 Å². The fourth-order valence-electron chi connectivity index (χ4n) is 2.13. The van der Waals surface area contributed by atoms with Gasteiger partial charge in [0.05, 0.1) is 0 Å². The molecule has 0 aromatic heterocycles. The molecule has 2 rings (SSSR count). The monoisotopic (exact) mass is 462 g/mol. The van der Waals surface area contributed by atoms with Crippen LogP contribution >= 0.6 is 34.8 Å². The number of esters is 1. The molecule has 2 amide bonds. The molecule has 8 nitrogen and oxygen atoms in total. The summed E-state index contributed by atoms with van der Waals surface area (Å²) in [5.41, 5.74) is -2.16. The second-order valence-electron chi connectivity index (χ2n) is 5.91. The zero-order valence-corrected chi connectivity index (χ0v) is 17.4. The summed E-state index contributed by atoms with van der Waals surface area (Å²) in [6.45, 7) is 4.14. The molecule has 0 radical (unpaired) electrons. The summed E-state index contributed by atoms with van der Waals surface area (Å²) < 4.78 is 13.7. The molecule has 1 aliphatic rings. The Kier molecular flexibility index (Phi) is 7.40. The highest BCUT2D eigenvalue weighted by Crippen LogP contribution is 2.29. The SMILES string of the molecule is C=C(C)[C@]1(C(=O)OCC(Cl)(Cl)Cl)NC(=O)C(NC(=O)COc2ccccc2)=CO1. The minimum Gasteiger partial charge on any atom is -0.484 e. The van der Waals surface area contributed by atoms with Crippen LogP contribution in [0.25, 0.3) is 0 Å². The second-order valence-corrected chi connectivity index (χ2v) is 8.42. The van der Waals surface area contributed by atoms with E-state index in [1.165, 1.54) is 6.92 Å². The number of amides is 2. The third-order valence-electron chi connectivity index (χ3n) is 3.53. The quantitative estimate of drug-likeness (QED) is 0.366. The zero-order chi connectivity index (χ0) is 21.7. The number of alkyl halides is 3. The number of nitrogens with one attached hydrogen (secondary N) is 2. The van der Waals surface area contributed by atoms with E-state index in [4.69, 9.17) is 49.0 Å². The molecule has 1 atom stereocenters. The van der Waals surface area contributed by atoms with E-state index in [9.17, 15) is 14.4 Å². The van der Waals surface area contributed by atoms with Gasteiger partial charge in [0.25, 0.3) is 11.8 Å². The number of carbonyl (C=O) groups is 3. The highest BCUT2D eigenvalue weighted by molar-refractivity contribution is 6.67. The zero-order valence-electron chi connectivity index (χ0n) is 15.2. The number of para-hydroxylation sites is 1. The van der Waals surface area contributed by atoms with E-state index in [1.54, 1.807) is 30.3 Å². The minimum absolute atomic E-state index is 0.106. The van der Waals surface area contributed by atoms with E-state index in [-0.39, 0.29) is 17.9 Å². The lowest BCUT2D eigenvalue weighted by Gasteiger charge is -2.35. The lowest BCUT2D eigenvalue weighted by atomic mass is 10.0. The maximum absolute atomic E-state index is 12.4. The average Bonchev–Trinajstić information content (AvgIpc) is 2.66. The van der Waals surface area contributed by atoms with Gasteiger partial charge in [-0.15, -0.1) is 0 Å². The molecule has 0 spiro atoms. The van der Waals surface area contributed by atoms with Gasteiger partial charge < -0.3 is 19.5 Å². The first-order valence-corrected chi connectivity index (χ1v) is 9.25. The van der Waals surface area contributed by atoms with Crippen LogP contribution in [0.1, 0.15) is 6.92 Å². The number of hydrogen-bond donors (Lipinski definition) is 2. The van der Waals surface area contributed by atoms with E-state index in [1.807, 2.05) is 0 Å². The Balaban J connectivity index is 2.02. The van der Waals surface area contributed by atoms with E-state index < -0.39 is 33.9 Å². The Bertz CT molecular complexity index is 838. The average molecular weight is 464 g/mol. The first kappa shape index (κ1) is 22.9. The molecule has 156 valence electrons. The van der Waals surface area contributed by atoms with Gasteiger partial charge in [0.1, 0.15) is 24.3 Å². The van der Waals surface area contributed by atoms with Crippen molar-refractivity contribution in [2.24, 2.45) is 0 Å². The highest BCUT2D eigenvalue weighted by atomic mass is 35.6. The molecule has 2 N–H and O–H groups in total. The number of halogens is 3. The number of benzene rings is 1. The Morgan fingerprint density at radius 3 is 2.48 bits per heavy atom. The summed E-state index contributed by atoms with van der Waals surface area (Å²) in [6, 6.07) is 8.64. The van der Waals surface area contributed by atoms with Crippen molar-refractivity contribution < 1.29 is 28.6 Å². The summed E-state index contributed by atoms with van der Waals surface area (Å²) in [5, 5.41) is 4.63. The minimum atomic E-state index is -2.03. The molecule has 0 saturated carbocycles. The van der Waals surface area contributed by atoms with Crippen molar-refractivity contribution in [1.29, 1.82) is 0 Å². The second kappa shape index (κ2) is 9.39. The van der Waals surface area contributed by atoms with Crippen molar-refractivity contribution in [2.75, 3.05) is 13.2 Å². The van der Waals surface area contributed by atoms with Gasteiger partial charge in [-0.2, -0.15) is 0 Å². The van der Waals surface area contributed by atoms with E-state index >= 15 is 0 Å². The van der Waals surface area contributed by atoms with Crippen molar-refractivity contribution in [1.82, 2.24) is 10.6 Å². The number of hydrogen-bond acceptors (Lipinski definition) is 6. The van der Waals surface area contributed by atoms with Crippen LogP contribution in [0.2, 0.25) is 0 Å². The molecular weight excluding hydrogens is 447 g/mol. The number of rotatable bonds is 7. The number of ether oxygens (including phenoxy) is 3. The third kappa shape index (κ3) is 6.28. The van der Waals surface area contributed by atoms with Crippen molar-refractivity contribution in [3.8, 4) is 5.75 Å². The standard InChI is InChI=1S/C18H17Cl3N2O6/c1-11(2)18(16(26)28-10-17(19,20)21)23-15(25)13(8-29-18)22-14(24)9-27-12-6-4-3-5-7-12/h3-8H,1,9-10H2,2H3,(H,22,24)(H,23,25)/t18-/m0/s1. The lowest BCUT2D eigenvalue weighted by Crippen LogP contribution is -2.61. The van der Waals surface area contributed by atoms with Gasteiger partial charge in [0, 0.05) is 0 Å². The van der Waals surface area contributed by atoms with Crippen LogP contribution < -0.4 is 15.4 Å². The Hall–Kier alpha value is -2.42. The molecule has 1 aliphatic heterocycles. The van der Waals surface area contributed by atoms with Gasteiger partial charge in [-0.1, -0.05) is 59.6 Å². The Morgan fingerprint density at radius 2 is 1.93 bits per heavy atom. The van der Waals surface area contributed by atoms with E-state index in [2.05, 4.69) is 17.2 Å². The van der Waals surface area contributed by atoms with Crippen LogP contribution in [-0.2, 0) is 23.9 Å². The summed E-state index contributed by atoms with van der Waals surface area (Å²) >= 11 is 16.7. The topological polar surface area (TPSA) is 103 Å².